The van der Waals surface area contributed by atoms with Crippen LogP contribution in [0.2, 0.25) is 0 Å². The molecule has 2 aromatic carbocycles. The van der Waals surface area contributed by atoms with Gasteiger partial charge in [0.05, 0.1) is 11.0 Å². The van der Waals surface area contributed by atoms with Crippen molar-refractivity contribution in [2.45, 2.75) is 32.9 Å². The maximum absolute atomic E-state index is 12.3. The van der Waals surface area contributed by atoms with Crippen LogP contribution in [0.25, 0.3) is 11.0 Å². The molecule has 142 valence electrons. The Hall–Kier alpha value is -2.96. The Morgan fingerprint density at radius 2 is 1.93 bits per heavy atom. The number of carbonyl (C=O) groups excluding carboxylic acids is 1. The number of alkyl halides is 2. The van der Waals surface area contributed by atoms with Crippen molar-refractivity contribution in [3.63, 3.8) is 0 Å². The summed E-state index contributed by atoms with van der Waals surface area (Å²) >= 11 is 0. The van der Waals surface area contributed by atoms with Gasteiger partial charge in [0.2, 0.25) is 5.91 Å². The van der Waals surface area contributed by atoms with E-state index >= 15 is 0 Å². The number of benzene rings is 2. The maximum atomic E-state index is 12.3. The smallest absolute Gasteiger partial charge is 0.387 e. The van der Waals surface area contributed by atoms with E-state index in [1.807, 2.05) is 35.8 Å². The molecule has 0 aliphatic rings. The predicted molar refractivity (Wildman–Crippen MR) is 98.9 cm³/mol. The van der Waals surface area contributed by atoms with Gasteiger partial charge in [0, 0.05) is 13.0 Å². The molecule has 0 aliphatic heterocycles. The number of fused-ring (bicyclic) bond motifs is 1. The van der Waals surface area contributed by atoms with Crippen molar-refractivity contribution in [2.75, 3.05) is 6.54 Å². The van der Waals surface area contributed by atoms with Crippen LogP contribution >= 0.6 is 0 Å². The van der Waals surface area contributed by atoms with E-state index in [-0.39, 0.29) is 18.2 Å². The lowest BCUT2D eigenvalue weighted by molar-refractivity contribution is -0.121. The minimum atomic E-state index is -2.83. The third-order valence-corrected chi connectivity index (χ3v) is 4.24. The molecule has 7 heteroatoms. The number of rotatable bonds is 8. The molecule has 0 saturated heterocycles. The van der Waals surface area contributed by atoms with Crippen LogP contribution in [0.5, 0.6) is 5.75 Å². The third-order valence-electron chi connectivity index (χ3n) is 4.24. The van der Waals surface area contributed by atoms with Gasteiger partial charge in [0.1, 0.15) is 18.1 Å². The molecule has 0 unspecified atom stereocenters. The molecule has 0 bridgehead atoms. The second kappa shape index (κ2) is 8.62. The lowest BCUT2D eigenvalue weighted by atomic mass is 10.1. The number of nitrogens with zero attached hydrogens (tertiary/aromatic N) is 2. The zero-order chi connectivity index (χ0) is 19.2. The SMILES string of the molecule is CCc1nc2ccccc2n1CC(=O)NCCc1ccc(OC(F)F)cc1. The maximum Gasteiger partial charge on any atom is 0.387 e. The molecule has 3 rings (SSSR count). The van der Waals surface area contributed by atoms with Crippen molar-refractivity contribution in [3.05, 3.63) is 59.9 Å². The van der Waals surface area contributed by atoms with E-state index in [9.17, 15) is 13.6 Å². The Kier molecular flexibility index (Phi) is 6.01. The van der Waals surface area contributed by atoms with E-state index in [0.29, 0.717) is 13.0 Å². The quantitative estimate of drug-likeness (QED) is 0.657. The van der Waals surface area contributed by atoms with Crippen LogP contribution in [-0.2, 0) is 24.2 Å². The largest absolute Gasteiger partial charge is 0.435 e. The summed E-state index contributed by atoms with van der Waals surface area (Å²) in [7, 11) is 0. The van der Waals surface area contributed by atoms with Gasteiger partial charge in [-0.2, -0.15) is 8.78 Å². The number of carbonyl (C=O) groups is 1. The molecule has 1 aromatic heterocycles. The average Bonchev–Trinajstić information content (AvgIpc) is 3.00. The fourth-order valence-corrected chi connectivity index (χ4v) is 2.96. The van der Waals surface area contributed by atoms with E-state index in [0.717, 1.165) is 28.8 Å². The van der Waals surface area contributed by atoms with Gasteiger partial charge in [-0.3, -0.25) is 4.79 Å². The van der Waals surface area contributed by atoms with Crippen molar-refractivity contribution < 1.29 is 18.3 Å². The van der Waals surface area contributed by atoms with Crippen LogP contribution in [0.4, 0.5) is 8.78 Å². The minimum Gasteiger partial charge on any atom is -0.435 e. The lowest BCUT2D eigenvalue weighted by Crippen LogP contribution is -2.29. The Morgan fingerprint density at radius 3 is 2.63 bits per heavy atom. The van der Waals surface area contributed by atoms with Gasteiger partial charge in [-0.25, -0.2) is 4.98 Å². The monoisotopic (exact) mass is 373 g/mol. The van der Waals surface area contributed by atoms with Crippen LogP contribution in [0.3, 0.4) is 0 Å². The molecule has 0 saturated carbocycles. The summed E-state index contributed by atoms with van der Waals surface area (Å²) in [5.74, 6) is 0.906. The van der Waals surface area contributed by atoms with Crippen LogP contribution in [0, 0.1) is 0 Å². The van der Waals surface area contributed by atoms with Crippen molar-refractivity contribution in [2.24, 2.45) is 0 Å². The first-order chi connectivity index (χ1) is 13.1. The van der Waals surface area contributed by atoms with Gasteiger partial charge in [-0.05, 0) is 36.2 Å². The highest BCUT2D eigenvalue weighted by Crippen LogP contribution is 2.17. The molecular weight excluding hydrogens is 352 g/mol. The Bertz CT molecular complexity index is 907. The Labute approximate surface area is 156 Å². The third kappa shape index (κ3) is 4.81. The van der Waals surface area contributed by atoms with Crippen LogP contribution < -0.4 is 10.1 Å². The van der Waals surface area contributed by atoms with Gasteiger partial charge in [0.25, 0.3) is 0 Å². The van der Waals surface area contributed by atoms with Crippen molar-refractivity contribution in [1.29, 1.82) is 0 Å². The summed E-state index contributed by atoms with van der Waals surface area (Å²) in [6, 6.07) is 14.2. The van der Waals surface area contributed by atoms with Gasteiger partial charge >= 0.3 is 6.61 Å². The number of imidazole rings is 1. The highest BCUT2D eigenvalue weighted by atomic mass is 19.3. The Morgan fingerprint density at radius 1 is 1.19 bits per heavy atom. The number of para-hydroxylation sites is 2. The average molecular weight is 373 g/mol. The van der Waals surface area contributed by atoms with Crippen molar-refractivity contribution in [3.8, 4) is 5.75 Å². The highest BCUT2D eigenvalue weighted by Gasteiger charge is 2.12. The van der Waals surface area contributed by atoms with E-state index < -0.39 is 6.61 Å². The van der Waals surface area contributed by atoms with Crippen molar-refractivity contribution in [1.82, 2.24) is 14.9 Å². The lowest BCUT2D eigenvalue weighted by Gasteiger charge is -2.10. The number of amides is 1. The molecule has 0 spiro atoms. The molecule has 5 nitrogen and oxygen atoms in total. The highest BCUT2D eigenvalue weighted by molar-refractivity contribution is 5.81. The Balaban J connectivity index is 1.54. The van der Waals surface area contributed by atoms with E-state index in [1.54, 1.807) is 12.1 Å². The summed E-state index contributed by atoms with van der Waals surface area (Å²) < 4.78 is 30.5. The second-order valence-electron chi connectivity index (χ2n) is 6.08. The van der Waals surface area contributed by atoms with E-state index in [1.165, 1.54) is 12.1 Å². The molecular formula is C20H21F2N3O2. The van der Waals surface area contributed by atoms with E-state index in [2.05, 4.69) is 15.0 Å². The zero-order valence-corrected chi connectivity index (χ0v) is 15.0. The molecule has 0 fully saturated rings. The zero-order valence-electron chi connectivity index (χ0n) is 15.0. The van der Waals surface area contributed by atoms with Crippen LogP contribution in [-0.4, -0.2) is 28.6 Å². The fraction of sp³-hybridized carbons (Fsp3) is 0.300. The minimum absolute atomic E-state index is 0.0921. The molecule has 27 heavy (non-hydrogen) atoms. The summed E-state index contributed by atoms with van der Waals surface area (Å²) in [5.41, 5.74) is 2.76. The number of hydrogen-bond donors (Lipinski definition) is 1. The number of hydrogen-bond acceptors (Lipinski definition) is 3. The second-order valence-corrected chi connectivity index (χ2v) is 6.08. The topological polar surface area (TPSA) is 56.2 Å². The number of ether oxygens (including phenoxy) is 1. The molecule has 1 N–H and O–H groups in total. The van der Waals surface area contributed by atoms with Crippen LogP contribution in [0.15, 0.2) is 48.5 Å². The predicted octanol–water partition coefficient (Wildman–Crippen LogP) is 3.56. The van der Waals surface area contributed by atoms with Gasteiger partial charge in [0.15, 0.2) is 0 Å². The molecule has 3 aromatic rings. The number of aromatic nitrogens is 2. The molecule has 0 aliphatic carbocycles. The van der Waals surface area contributed by atoms with E-state index in [4.69, 9.17) is 0 Å². The first kappa shape index (κ1) is 18.8. The van der Waals surface area contributed by atoms with Gasteiger partial charge < -0.3 is 14.6 Å². The summed E-state index contributed by atoms with van der Waals surface area (Å²) in [6.45, 7) is -0.147. The van der Waals surface area contributed by atoms with Crippen molar-refractivity contribution >= 4 is 16.9 Å². The first-order valence-electron chi connectivity index (χ1n) is 8.81. The number of aryl methyl sites for hydroxylation is 1. The molecule has 0 radical (unpaired) electrons. The summed E-state index contributed by atoms with van der Waals surface area (Å²) in [6.07, 6.45) is 1.35. The number of nitrogens with one attached hydrogen (secondary N) is 1. The number of halogens is 2. The molecule has 1 heterocycles. The standard InChI is InChI=1S/C20H21F2N3O2/c1-2-18-24-16-5-3-4-6-17(16)25(18)13-19(26)23-12-11-14-7-9-15(10-8-14)27-20(21)22/h3-10,20H,2,11-13H2,1H3,(H,23,26). The van der Waals surface area contributed by atoms with Gasteiger partial charge in [-0.1, -0.05) is 31.2 Å². The summed E-state index contributed by atoms with van der Waals surface area (Å²) in [5, 5.41) is 2.89. The normalized spacial score (nSPS) is 11.1. The first-order valence-corrected chi connectivity index (χ1v) is 8.81. The fourth-order valence-electron chi connectivity index (χ4n) is 2.96. The van der Waals surface area contributed by atoms with Gasteiger partial charge in [-0.15, -0.1) is 0 Å². The summed E-state index contributed by atoms with van der Waals surface area (Å²) in [4.78, 5) is 16.9. The molecule has 0 atom stereocenters. The van der Waals surface area contributed by atoms with Crippen LogP contribution in [0.1, 0.15) is 18.3 Å². The molecule has 1 amide bonds.